The lowest BCUT2D eigenvalue weighted by Crippen LogP contribution is -2.32. The zero-order valence-electron chi connectivity index (χ0n) is 17.6. The molecule has 0 saturated carbocycles. The summed E-state index contributed by atoms with van der Waals surface area (Å²) in [6.45, 7) is 4.38. The second kappa shape index (κ2) is 10.3. The third-order valence-electron chi connectivity index (χ3n) is 4.87. The van der Waals surface area contributed by atoms with E-state index < -0.39 is 17.8 Å². The molecular formula is C24H25ClN2O4. The van der Waals surface area contributed by atoms with Crippen molar-refractivity contribution in [3.63, 3.8) is 0 Å². The number of imide groups is 1. The Hall–Kier alpha value is -3.12. The molecule has 7 heteroatoms. The Balaban J connectivity index is 1.73. The zero-order chi connectivity index (χ0) is 22.4. The Morgan fingerprint density at radius 2 is 1.65 bits per heavy atom. The molecule has 0 spiro atoms. The van der Waals surface area contributed by atoms with Gasteiger partial charge in [0.15, 0.2) is 0 Å². The minimum Gasteiger partial charge on any atom is -0.462 e. The summed E-state index contributed by atoms with van der Waals surface area (Å²) in [6, 6.07) is 13.8. The Kier molecular flexibility index (Phi) is 7.47. The summed E-state index contributed by atoms with van der Waals surface area (Å²) in [6.07, 6.45) is 3.95. The van der Waals surface area contributed by atoms with Crippen molar-refractivity contribution in [2.75, 3.05) is 16.8 Å². The van der Waals surface area contributed by atoms with E-state index in [2.05, 4.69) is 12.2 Å². The average molecular weight is 441 g/mol. The van der Waals surface area contributed by atoms with Crippen LogP contribution in [0.25, 0.3) is 0 Å². The smallest absolute Gasteiger partial charge is 0.338 e. The molecule has 0 aromatic heterocycles. The third-order valence-corrected chi connectivity index (χ3v) is 5.22. The van der Waals surface area contributed by atoms with E-state index in [4.69, 9.17) is 16.3 Å². The van der Waals surface area contributed by atoms with Crippen molar-refractivity contribution in [3.05, 3.63) is 70.4 Å². The van der Waals surface area contributed by atoms with E-state index in [1.807, 2.05) is 31.2 Å². The molecule has 0 atom stereocenters. The van der Waals surface area contributed by atoms with E-state index in [9.17, 15) is 14.4 Å². The highest BCUT2D eigenvalue weighted by Gasteiger charge is 2.39. The standard InChI is InChI=1S/C24H25ClN2O4/c1-3-5-6-16-7-11-18(12-8-16)26-21-20(25)22(28)27(23(21)29)19-13-9-17(10-14-19)24(30)31-15-4-2/h7-14,26H,3-6,15H2,1-2H3. The van der Waals surface area contributed by atoms with Gasteiger partial charge in [-0.15, -0.1) is 0 Å². The molecule has 1 aliphatic heterocycles. The summed E-state index contributed by atoms with van der Waals surface area (Å²) >= 11 is 6.19. The van der Waals surface area contributed by atoms with Gasteiger partial charge in [-0.3, -0.25) is 9.59 Å². The highest BCUT2D eigenvalue weighted by atomic mass is 35.5. The van der Waals surface area contributed by atoms with E-state index in [1.54, 1.807) is 0 Å². The number of carbonyl (C=O) groups is 3. The number of ether oxygens (including phenoxy) is 1. The van der Waals surface area contributed by atoms with Gasteiger partial charge in [0, 0.05) is 5.69 Å². The number of carbonyl (C=O) groups excluding carboxylic acids is 3. The number of hydrogen-bond acceptors (Lipinski definition) is 5. The number of halogens is 1. The number of nitrogens with one attached hydrogen (secondary N) is 1. The minimum atomic E-state index is -0.616. The van der Waals surface area contributed by atoms with Crippen LogP contribution in [0.3, 0.4) is 0 Å². The fraction of sp³-hybridized carbons (Fsp3) is 0.292. The molecule has 0 bridgehead atoms. The zero-order valence-corrected chi connectivity index (χ0v) is 18.4. The molecule has 0 saturated heterocycles. The van der Waals surface area contributed by atoms with Crippen molar-refractivity contribution in [1.29, 1.82) is 0 Å². The molecule has 2 amide bonds. The van der Waals surface area contributed by atoms with Crippen molar-refractivity contribution in [2.45, 2.75) is 39.5 Å². The highest BCUT2D eigenvalue weighted by Crippen LogP contribution is 2.30. The summed E-state index contributed by atoms with van der Waals surface area (Å²) in [5.41, 5.74) is 2.58. The van der Waals surface area contributed by atoms with Crippen LogP contribution in [0.2, 0.25) is 0 Å². The van der Waals surface area contributed by atoms with Crippen LogP contribution >= 0.6 is 11.6 Å². The molecule has 2 aromatic rings. The molecule has 0 fully saturated rings. The Morgan fingerprint density at radius 1 is 0.968 bits per heavy atom. The van der Waals surface area contributed by atoms with E-state index in [-0.39, 0.29) is 10.7 Å². The number of unbranched alkanes of at least 4 members (excludes halogenated alkanes) is 1. The van der Waals surface area contributed by atoms with Crippen LogP contribution in [-0.4, -0.2) is 24.4 Å². The normalized spacial score (nSPS) is 13.7. The third kappa shape index (κ3) is 5.14. The maximum atomic E-state index is 12.9. The molecular weight excluding hydrogens is 416 g/mol. The van der Waals surface area contributed by atoms with E-state index in [0.717, 1.165) is 30.6 Å². The van der Waals surface area contributed by atoms with Gasteiger partial charge >= 0.3 is 5.97 Å². The lowest BCUT2D eigenvalue weighted by Gasteiger charge is -2.15. The average Bonchev–Trinajstić information content (AvgIpc) is 3.00. The van der Waals surface area contributed by atoms with Crippen molar-refractivity contribution >= 4 is 40.8 Å². The molecule has 1 heterocycles. The molecule has 6 nitrogen and oxygen atoms in total. The summed E-state index contributed by atoms with van der Waals surface area (Å²) in [5.74, 6) is -1.62. The number of benzene rings is 2. The highest BCUT2D eigenvalue weighted by molar-refractivity contribution is 6.53. The van der Waals surface area contributed by atoms with Crippen LogP contribution in [0.5, 0.6) is 0 Å². The minimum absolute atomic E-state index is 0.0272. The topological polar surface area (TPSA) is 75.7 Å². The molecule has 0 aliphatic carbocycles. The van der Waals surface area contributed by atoms with Gasteiger partial charge in [-0.05, 0) is 61.2 Å². The maximum absolute atomic E-state index is 12.9. The first kappa shape index (κ1) is 22.6. The monoisotopic (exact) mass is 440 g/mol. The number of amides is 2. The van der Waals surface area contributed by atoms with Crippen molar-refractivity contribution in [3.8, 4) is 0 Å². The van der Waals surface area contributed by atoms with Gasteiger partial charge in [-0.1, -0.05) is 44.0 Å². The molecule has 0 unspecified atom stereocenters. The number of aryl methyl sites for hydroxylation is 1. The van der Waals surface area contributed by atoms with Crippen molar-refractivity contribution < 1.29 is 19.1 Å². The number of nitrogens with zero attached hydrogens (tertiary/aromatic N) is 1. The van der Waals surface area contributed by atoms with Crippen molar-refractivity contribution in [2.24, 2.45) is 0 Å². The quantitative estimate of drug-likeness (QED) is 0.437. The number of anilines is 2. The second-order valence-electron chi connectivity index (χ2n) is 7.24. The molecule has 1 aliphatic rings. The fourth-order valence-corrected chi connectivity index (χ4v) is 3.36. The van der Waals surface area contributed by atoms with Gasteiger partial charge in [-0.2, -0.15) is 0 Å². The van der Waals surface area contributed by atoms with E-state index in [0.29, 0.717) is 23.5 Å². The molecule has 0 radical (unpaired) electrons. The van der Waals surface area contributed by atoms with Crippen LogP contribution in [0.4, 0.5) is 11.4 Å². The van der Waals surface area contributed by atoms with Gasteiger partial charge in [0.2, 0.25) is 0 Å². The van der Waals surface area contributed by atoms with Crippen LogP contribution in [-0.2, 0) is 20.7 Å². The lowest BCUT2D eigenvalue weighted by molar-refractivity contribution is -0.120. The largest absolute Gasteiger partial charge is 0.462 e. The SMILES string of the molecule is CCCCc1ccc(NC2=C(Cl)C(=O)N(c3ccc(C(=O)OCCC)cc3)C2=O)cc1. The van der Waals surface area contributed by atoms with Crippen LogP contribution in [0.1, 0.15) is 49.0 Å². The number of hydrogen-bond donors (Lipinski definition) is 1. The number of esters is 1. The molecule has 31 heavy (non-hydrogen) atoms. The van der Waals surface area contributed by atoms with Crippen LogP contribution in [0.15, 0.2) is 59.3 Å². The van der Waals surface area contributed by atoms with Crippen molar-refractivity contribution in [1.82, 2.24) is 0 Å². The summed E-state index contributed by atoms with van der Waals surface area (Å²) < 4.78 is 5.09. The van der Waals surface area contributed by atoms with Gasteiger partial charge < -0.3 is 10.1 Å². The lowest BCUT2D eigenvalue weighted by atomic mass is 10.1. The summed E-state index contributed by atoms with van der Waals surface area (Å²) in [7, 11) is 0. The van der Waals surface area contributed by atoms with Gasteiger partial charge in [-0.25, -0.2) is 9.69 Å². The predicted octanol–water partition coefficient (Wildman–Crippen LogP) is 5.03. The Morgan fingerprint density at radius 3 is 2.26 bits per heavy atom. The number of rotatable bonds is 9. The fourth-order valence-electron chi connectivity index (χ4n) is 3.15. The first-order valence-corrected chi connectivity index (χ1v) is 10.8. The maximum Gasteiger partial charge on any atom is 0.338 e. The summed E-state index contributed by atoms with van der Waals surface area (Å²) in [4.78, 5) is 38.5. The summed E-state index contributed by atoms with van der Waals surface area (Å²) in [5, 5.41) is 2.79. The molecule has 3 rings (SSSR count). The second-order valence-corrected chi connectivity index (χ2v) is 7.62. The van der Waals surface area contributed by atoms with Gasteiger partial charge in [0.05, 0.1) is 17.9 Å². The van der Waals surface area contributed by atoms with Crippen LogP contribution in [0, 0.1) is 0 Å². The molecule has 1 N–H and O–H groups in total. The first-order valence-electron chi connectivity index (χ1n) is 10.4. The van der Waals surface area contributed by atoms with Crippen LogP contribution < -0.4 is 10.2 Å². The Labute approximate surface area is 186 Å². The molecule has 162 valence electrons. The van der Waals surface area contributed by atoms with Gasteiger partial charge in [0.25, 0.3) is 11.8 Å². The van der Waals surface area contributed by atoms with Gasteiger partial charge in [0.1, 0.15) is 10.7 Å². The Bertz CT molecular complexity index is 997. The predicted molar refractivity (Wildman–Crippen MR) is 121 cm³/mol. The van der Waals surface area contributed by atoms with E-state index >= 15 is 0 Å². The first-order chi connectivity index (χ1) is 15.0. The van der Waals surface area contributed by atoms with E-state index in [1.165, 1.54) is 29.8 Å². The molecule has 2 aromatic carbocycles.